The topological polar surface area (TPSA) is 66.9 Å². The maximum absolute atomic E-state index is 13.7. The van der Waals surface area contributed by atoms with E-state index in [4.69, 9.17) is 0 Å². The first-order valence-electron chi connectivity index (χ1n) is 8.88. The highest BCUT2D eigenvalue weighted by Gasteiger charge is 2.12. The van der Waals surface area contributed by atoms with E-state index in [1.54, 1.807) is 12.1 Å². The molecule has 0 saturated carbocycles. The van der Waals surface area contributed by atoms with Crippen molar-refractivity contribution in [3.8, 4) is 0 Å². The quantitative estimate of drug-likeness (QED) is 0.663. The number of carbonyl (C=O) groups excluding carboxylic acids is 1. The zero-order chi connectivity index (χ0) is 19.2. The van der Waals surface area contributed by atoms with Gasteiger partial charge in [-0.3, -0.25) is 4.79 Å². The van der Waals surface area contributed by atoms with Crippen LogP contribution in [0.2, 0.25) is 0 Å². The molecule has 3 rings (SSSR count). The minimum atomic E-state index is -0.512. The summed E-state index contributed by atoms with van der Waals surface area (Å²) in [7, 11) is 0. The largest absolute Gasteiger partial charge is 0.338 e. The number of benzene rings is 2. The molecule has 0 aliphatic carbocycles. The van der Waals surface area contributed by atoms with Crippen molar-refractivity contribution in [2.45, 2.75) is 26.7 Å². The van der Waals surface area contributed by atoms with Gasteiger partial charge in [0.25, 0.3) is 5.91 Å². The van der Waals surface area contributed by atoms with Gasteiger partial charge in [0.1, 0.15) is 17.3 Å². The van der Waals surface area contributed by atoms with Gasteiger partial charge in [-0.15, -0.1) is 0 Å². The van der Waals surface area contributed by atoms with Crippen molar-refractivity contribution in [2.75, 3.05) is 10.6 Å². The molecule has 0 saturated heterocycles. The first-order valence-corrected chi connectivity index (χ1v) is 8.88. The van der Waals surface area contributed by atoms with E-state index in [0.29, 0.717) is 5.82 Å². The molecule has 0 spiro atoms. The molecule has 0 unspecified atom stereocenters. The van der Waals surface area contributed by atoms with Gasteiger partial charge < -0.3 is 10.6 Å². The van der Waals surface area contributed by atoms with E-state index in [0.717, 1.165) is 18.5 Å². The molecule has 5 nitrogen and oxygen atoms in total. The molecule has 2 aromatic carbocycles. The molecule has 1 amide bonds. The fourth-order valence-electron chi connectivity index (χ4n) is 2.79. The number of nitrogens with zero attached hydrogens (tertiary/aromatic N) is 2. The van der Waals surface area contributed by atoms with Crippen LogP contribution in [0.25, 0.3) is 0 Å². The summed E-state index contributed by atoms with van der Waals surface area (Å²) in [5.74, 6) is -0.462. The molecule has 6 heteroatoms. The second kappa shape index (κ2) is 8.40. The molecule has 3 aromatic rings. The van der Waals surface area contributed by atoms with Gasteiger partial charge in [-0.05, 0) is 36.1 Å². The molecular weight excluding hydrogens is 343 g/mol. The lowest BCUT2D eigenvalue weighted by atomic mass is 10.0. The van der Waals surface area contributed by atoms with Crippen LogP contribution < -0.4 is 10.6 Å². The van der Waals surface area contributed by atoms with Crippen LogP contribution in [0, 0.1) is 5.82 Å². The SMILES string of the molecule is CCc1cccc(CC)c1Nc1cnc(C(=O)Nc2ccccc2F)cn1. The fourth-order valence-corrected chi connectivity index (χ4v) is 2.79. The van der Waals surface area contributed by atoms with Crippen molar-refractivity contribution >= 4 is 23.1 Å². The van der Waals surface area contributed by atoms with E-state index in [-0.39, 0.29) is 11.4 Å². The van der Waals surface area contributed by atoms with Gasteiger partial charge in [0.2, 0.25) is 0 Å². The number of aromatic nitrogens is 2. The number of hydrogen-bond acceptors (Lipinski definition) is 4. The summed E-state index contributed by atoms with van der Waals surface area (Å²) in [5.41, 5.74) is 3.63. The van der Waals surface area contributed by atoms with Crippen LogP contribution in [0.4, 0.5) is 21.6 Å². The third kappa shape index (κ3) is 4.28. The Hall–Kier alpha value is -3.28. The Labute approximate surface area is 157 Å². The maximum Gasteiger partial charge on any atom is 0.275 e. The van der Waals surface area contributed by atoms with Crippen LogP contribution >= 0.6 is 0 Å². The second-order valence-corrected chi connectivity index (χ2v) is 6.00. The van der Waals surface area contributed by atoms with Gasteiger partial charge in [0.15, 0.2) is 0 Å². The van der Waals surface area contributed by atoms with Crippen molar-refractivity contribution in [3.63, 3.8) is 0 Å². The van der Waals surface area contributed by atoms with Crippen molar-refractivity contribution in [1.29, 1.82) is 0 Å². The van der Waals surface area contributed by atoms with E-state index in [1.807, 2.05) is 6.07 Å². The zero-order valence-corrected chi connectivity index (χ0v) is 15.3. The first-order chi connectivity index (χ1) is 13.1. The van der Waals surface area contributed by atoms with Gasteiger partial charge >= 0.3 is 0 Å². The standard InChI is InChI=1S/C21H21FN4O/c1-3-14-8-7-9-15(4-2)20(14)26-19-13-23-18(12-24-19)21(27)25-17-11-6-5-10-16(17)22/h5-13H,3-4H2,1-2H3,(H,24,26)(H,25,27). The number of aryl methyl sites for hydroxylation is 2. The summed E-state index contributed by atoms with van der Waals surface area (Å²) < 4.78 is 13.7. The minimum Gasteiger partial charge on any atom is -0.338 e. The summed E-state index contributed by atoms with van der Waals surface area (Å²) in [6, 6.07) is 12.2. The normalized spacial score (nSPS) is 10.5. The average molecular weight is 364 g/mol. The van der Waals surface area contributed by atoms with Crippen molar-refractivity contribution in [2.24, 2.45) is 0 Å². The van der Waals surface area contributed by atoms with Crippen LogP contribution in [0.15, 0.2) is 54.9 Å². The Balaban J connectivity index is 1.76. The van der Waals surface area contributed by atoms with Crippen LogP contribution in [0.3, 0.4) is 0 Å². The highest BCUT2D eigenvalue weighted by molar-refractivity contribution is 6.02. The molecule has 0 atom stereocenters. The number of halogens is 1. The number of amides is 1. The second-order valence-electron chi connectivity index (χ2n) is 6.00. The van der Waals surface area contributed by atoms with Crippen molar-refractivity contribution < 1.29 is 9.18 Å². The Bertz CT molecular complexity index is 919. The molecule has 0 aliphatic heterocycles. The Kier molecular flexibility index (Phi) is 5.76. The molecule has 1 aromatic heterocycles. The number of para-hydroxylation sites is 2. The van der Waals surface area contributed by atoms with Gasteiger partial charge in [0, 0.05) is 5.69 Å². The predicted molar refractivity (Wildman–Crippen MR) is 105 cm³/mol. The molecule has 0 radical (unpaired) electrons. The van der Waals surface area contributed by atoms with Gasteiger partial charge in [-0.25, -0.2) is 14.4 Å². The third-order valence-corrected chi connectivity index (χ3v) is 4.26. The zero-order valence-electron chi connectivity index (χ0n) is 15.3. The molecular formula is C21H21FN4O. The summed E-state index contributed by atoms with van der Waals surface area (Å²) >= 11 is 0. The molecule has 0 fully saturated rings. The lowest BCUT2D eigenvalue weighted by Crippen LogP contribution is -2.15. The van der Waals surface area contributed by atoms with E-state index in [2.05, 4.69) is 46.6 Å². The number of carbonyl (C=O) groups is 1. The lowest BCUT2D eigenvalue weighted by molar-refractivity contribution is 0.102. The smallest absolute Gasteiger partial charge is 0.275 e. The van der Waals surface area contributed by atoms with Crippen molar-refractivity contribution in [3.05, 3.63) is 77.5 Å². The third-order valence-electron chi connectivity index (χ3n) is 4.26. The van der Waals surface area contributed by atoms with Crippen molar-refractivity contribution in [1.82, 2.24) is 9.97 Å². The molecule has 0 aliphatic rings. The monoisotopic (exact) mass is 364 g/mol. The lowest BCUT2D eigenvalue weighted by Gasteiger charge is -2.14. The molecule has 138 valence electrons. The van der Waals surface area contributed by atoms with Crippen LogP contribution in [0.1, 0.15) is 35.5 Å². The number of anilines is 3. The highest BCUT2D eigenvalue weighted by atomic mass is 19.1. The number of hydrogen-bond donors (Lipinski definition) is 2. The Morgan fingerprint density at radius 1 is 0.963 bits per heavy atom. The number of nitrogens with one attached hydrogen (secondary N) is 2. The van der Waals surface area contributed by atoms with Crippen LogP contribution in [0.5, 0.6) is 0 Å². The van der Waals surface area contributed by atoms with E-state index in [9.17, 15) is 9.18 Å². The molecule has 0 bridgehead atoms. The van der Waals surface area contributed by atoms with E-state index in [1.165, 1.54) is 35.7 Å². The molecule has 27 heavy (non-hydrogen) atoms. The van der Waals surface area contributed by atoms with Gasteiger partial charge in [-0.2, -0.15) is 0 Å². The van der Waals surface area contributed by atoms with E-state index < -0.39 is 11.7 Å². The summed E-state index contributed by atoms with van der Waals surface area (Å²) in [6.07, 6.45) is 4.67. The Morgan fingerprint density at radius 2 is 1.67 bits per heavy atom. The molecule has 2 N–H and O–H groups in total. The molecule has 1 heterocycles. The van der Waals surface area contributed by atoms with Crippen LogP contribution in [-0.2, 0) is 12.8 Å². The fraction of sp³-hybridized carbons (Fsp3) is 0.190. The maximum atomic E-state index is 13.7. The van der Waals surface area contributed by atoms with Gasteiger partial charge in [-0.1, -0.05) is 44.2 Å². The van der Waals surface area contributed by atoms with E-state index >= 15 is 0 Å². The number of rotatable bonds is 6. The van der Waals surface area contributed by atoms with Gasteiger partial charge in [0.05, 0.1) is 18.1 Å². The summed E-state index contributed by atoms with van der Waals surface area (Å²) in [4.78, 5) is 20.7. The predicted octanol–water partition coefficient (Wildman–Crippen LogP) is 4.74. The highest BCUT2D eigenvalue weighted by Crippen LogP contribution is 2.25. The van der Waals surface area contributed by atoms with Crippen LogP contribution in [-0.4, -0.2) is 15.9 Å². The first kappa shape index (κ1) is 18.5. The minimum absolute atomic E-state index is 0.107. The average Bonchev–Trinajstić information content (AvgIpc) is 2.70. The Morgan fingerprint density at radius 3 is 2.26 bits per heavy atom. The summed E-state index contributed by atoms with van der Waals surface area (Å²) in [5, 5.41) is 5.80. The summed E-state index contributed by atoms with van der Waals surface area (Å²) in [6.45, 7) is 4.20.